The van der Waals surface area contributed by atoms with Gasteiger partial charge < -0.3 is 5.32 Å². The standard InChI is InChI=1S/C15H17F3N2O/c1-8-5-11(14(17)18)10(6-12(8)16)9-3-4-13(20-7-9)15(21)19-2/h3-6,8-9,12,14H,7H2,1-2H3,(H,19,21). The Morgan fingerprint density at radius 2 is 2.14 bits per heavy atom. The number of dihydropyridines is 1. The number of rotatable bonds is 3. The van der Waals surface area contributed by atoms with Crippen LogP contribution in [0.5, 0.6) is 0 Å². The van der Waals surface area contributed by atoms with Gasteiger partial charge in [0.05, 0.1) is 6.54 Å². The zero-order chi connectivity index (χ0) is 15.6. The third-order valence-corrected chi connectivity index (χ3v) is 3.66. The van der Waals surface area contributed by atoms with Gasteiger partial charge in [-0.3, -0.25) is 9.79 Å². The van der Waals surface area contributed by atoms with Crippen molar-refractivity contribution in [1.29, 1.82) is 0 Å². The van der Waals surface area contributed by atoms with Gasteiger partial charge in [0.1, 0.15) is 11.9 Å². The molecule has 1 aliphatic carbocycles. The second kappa shape index (κ2) is 6.28. The molecule has 0 aromatic carbocycles. The summed E-state index contributed by atoms with van der Waals surface area (Å²) in [6.45, 7) is 1.73. The lowest BCUT2D eigenvalue weighted by atomic mass is 9.82. The highest BCUT2D eigenvalue weighted by molar-refractivity contribution is 6.43. The third-order valence-electron chi connectivity index (χ3n) is 3.66. The second-order valence-corrected chi connectivity index (χ2v) is 5.12. The van der Waals surface area contributed by atoms with E-state index in [1.54, 1.807) is 13.0 Å². The van der Waals surface area contributed by atoms with Crippen LogP contribution in [0.25, 0.3) is 0 Å². The Bertz CT molecular complexity index is 549. The lowest BCUT2D eigenvalue weighted by molar-refractivity contribution is -0.114. The quantitative estimate of drug-likeness (QED) is 0.854. The van der Waals surface area contributed by atoms with Gasteiger partial charge in [0.25, 0.3) is 12.3 Å². The van der Waals surface area contributed by atoms with Crippen LogP contribution in [0.1, 0.15) is 6.92 Å². The van der Waals surface area contributed by atoms with E-state index in [9.17, 15) is 18.0 Å². The number of hydrogen-bond acceptors (Lipinski definition) is 2. The van der Waals surface area contributed by atoms with Crippen molar-refractivity contribution in [3.05, 3.63) is 35.5 Å². The number of aliphatic imine (C=N–C) groups is 1. The summed E-state index contributed by atoms with van der Waals surface area (Å²) >= 11 is 0. The Hall–Kier alpha value is -1.85. The van der Waals surface area contributed by atoms with Crippen LogP contribution in [0.3, 0.4) is 0 Å². The van der Waals surface area contributed by atoms with E-state index in [-0.39, 0.29) is 29.3 Å². The molecular weight excluding hydrogens is 281 g/mol. The highest BCUT2D eigenvalue weighted by Gasteiger charge is 2.30. The molecule has 6 heteroatoms. The summed E-state index contributed by atoms with van der Waals surface area (Å²) in [6.07, 6.45) is 1.73. The molecule has 1 amide bonds. The minimum absolute atomic E-state index is 0.135. The van der Waals surface area contributed by atoms with Crippen LogP contribution in [0, 0.1) is 11.8 Å². The molecule has 1 heterocycles. The minimum atomic E-state index is -2.65. The predicted octanol–water partition coefficient (Wildman–Crippen LogP) is 2.47. The maximum atomic E-state index is 13.8. The summed E-state index contributed by atoms with van der Waals surface area (Å²) in [5.74, 6) is -1.32. The van der Waals surface area contributed by atoms with Crippen LogP contribution in [0.4, 0.5) is 13.2 Å². The molecule has 114 valence electrons. The molecule has 2 aliphatic rings. The van der Waals surface area contributed by atoms with E-state index < -0.39 is 24.4 Å². The molecule has 3 nitrogen and oxygen atoms in total. The summed E-state index contributed by atoms with van der Waals surface area (Å²) in [5.41, 5.74) is 0.383. The van der Waals surface area contributed by atoms with Crippen molar-refractivity contribution in [2.24, 2.45) is 16.8 Å². The SMILES string of the molecule is CNC(=O)C1=NCC(C2=CC(F)C(C)C=C2C(F)F)C=C1. The summed E-state index contributed by atoms with van der Waals surface area (Å²) in [4.78, 5) is 15.5. The van der Waals surface area contributed by atoms with Gasteiger partial charge >= 0.3 is 0 Å². The first-order valence-corrected chi connectivity index (χ1v) is 6.74. The smallest absolute Gasteiger partial charge is 0.269 e. The lowest BCUT2D eigenvalue weighted by Crippen LogP contribution is -2.29. The molecule has 0 aromatic heterocycles. The topological polar surface area (TPSA) is 41.5 Å². The molecule has 1 aliphatic heterocycles. The summed E-state index contributed by atoms with van der Waals surface area (Å²) in [5, 5.41) is 2.44. The Balaban J connectivity index is 2.21. The zero-order valence-corrected chi connectivity index (χ0v) is 11.8. The molecule has 1 N–H and O–H groups in total. The van der Waals surface area contributed by atoms with E-state index in [1.807, 2.05) is 0 Å². The highest BCUT2D eigenvalue weighted by Crippen LogP contribution is 2.35. The maximum absolute atomic E-state index is 13.8. The van der Waals surface area contributed by atoms with Crippen LogP contribution >= 0.6 is 0 Å². The third kappa shape index (κ3) is 3.25. The largest absolute Gasteiger partial charge is 0.354 e. The first kappa shape index (κ1) is 15.5. The normalized spacial score (nSPS) is 28.9. The molecule has 0 saturated heterocycles. The van der Waals surface area contributed by atoms with Gasteiger partial charge in [-0.05, 0) is 17.7 Å². The van der Waals surface area contributed by atoms with Gasteiger partial charge in [-0.15, -0.1) is 0 Å². The van der Waals surface area contributed by atoms with Gasteiger partial charge in [0.2, 0.25) is 0 Å². The summed E-state index contributed by atoms with van der Waals surface area (Å²) < 4.78 is 40.0. The number of carbonyl (C=O) groups is 1. The fourth-order valence-corrected chi connectivity index (χ4v) is 2.42. The van der Waals surface area contributed by atoms with Crippen molar-refractivity contribution in [3.63, 3.8) is 0 Å². The van der Waals surface area contributed by atoms with Crippen LogP contribution in [-0.4, -0.2) is 37.8 Å². The number of nitrogens with zero attached hydrogens (tertiary/aromatic N) is 1. The van der Waals surface area contributed by atoms with Gasteiger partial charge in [-0.2, -0.15) is 0 Å². The predicted molar refractivity (Wildman–Crippen MR) is 75.2 cm³/mol. The average Bonchev–Trinajstić information content (AvgIpc) is 2.48. The molecule has 0 bridgehead atoms. The molecule has 0 spiro atoms. The van der Waals surface area contributed by atoms with Crippen molar-refractivity contribution in [2.75, 3.05) is 13.6 Å². The summed E-state index contributed by atoms with van der Waals surface area (Å²) in [7, 11) is 1.49. The first-order valence-electron chi connectivity index (χ1n) is 6.74. The van der Waals surface area contributed by atoms with E-state index >= 15 is 0 Å². The van der Waals surface area contributed by atoms with Crippen LogP contribution in [0.2, 0.25) is 0 Å². The number of amides is 1. The fraction of sp³-hybridized carbons (Fsp3) is 0.467. The number of hydrogen-bond donors (Lipinski definition) is 1. The van der Waals surface area contributed by atoms with E-state index in [2.05, 4.69) is 10.3 Å². The lowest BCUT2D eigenvalue weighted by Gasteiger charge is -2.27. The Morgan fingerprint density at radius 3 is 2.67 bits per heavy atom. The van der Waals surface area contributed by atoms with E-state index in [0.717, 1.165) is 0 Å². The fourth-order valence-electron chi connectivity index (χ4n) is 2.42. The van der Waals surface area contributed by atoms with Gasteiger partial charge in [0, 0.05) is 24.5 Å². The number of allylic oxidation sites excluding steroid dienone is 3. The number of nitrogens with one attached hydrogen (secondary N) is 1. The van der Waals surface area contributed by atoms with Gasteiger partial charge in [0.15, 0.2) is 0 Å². The van der Waals surface area contributed by atoms with E-state index in [0.29, 0.717) is 0 Å². The number of alkyl halides is 3. The van der Waals surface area contributed by atoms with Crippen molar-refractivity contribution in [3.8, 4) is 0 Å². The minimum Gasteiger partial charge on any atom is -0.354 e. The second-order valence-electron chi connectivity index (χ2n) is 5.12. The van der Waals surface area contributed by atoms with Crippen molar-refractivity contribution >= 4 is 11.6 Å². The number of carbonyl (C=O) groups excluding carboxylic acids is 1. The Labute approximate surface area is 121 Å². The molecule has 0 fully saturated rings. The molecule has 0 radical (unpaired) electrons. The molecule has 3 unspecified atom stereocenters. The monoisotopic (exact) mass is 298 g/mol. The molecule has 0 saturated carbocycles. The van der Waals surface area contributed by atoms with Crippen LogP contribution in [0.15, 0.2) is 40.4 Å². The van der Waals surface area contributed by atoms with Crippen LogP contribution in [-0.2, 0) is 4.79 Å². The highest BCUT2D eigenvalue weighted by atomic mass is 19.3. The summed E-state index contributed by atoms with van der Waals surface area (Å²) in [6, 6.07) is 0. The van der Waals surface area contributed by atoms with E-state index in [1.165, 1.54) is 25.3 Å². The first-order chi connectivity index (χ1) is 9.93. The number of halogens is 3. The molecule has 0 aromatic rings. The van der Waals surface area contributed by atoms with Crippen molar-refractivity contribution in [2.45, 2.75) is 19.5 Å². The molecule has 21 heavy (non-hydrogen) atoms. The maximum Gasteiger partial charge on any atom is 0.269 e. The molecular formula is C15H17F3N2O. The molecule has 3 atom stereocenters. The Kier molecular flexibility index (Phi) is 4.65. The molecule has 2 rings (SSSR count). The van der Waals surface area contributed by atoms with Crippen LogP contribution < -0.4 is 5.32 Å². The van der Waals surface area contributed by atoms with Gasteiger partial charge in [-0.1, -0.05) is 19.1 Å². The van der Waals surface area contributed by atoms with E-state index in [4.69, 9.17) is 0 Å². The van der Waals surface area contributed by atoms with Crippen molar-refractivity contribution in [1.82, 2.24) is 5.32 Å². The zero-order valence-electron chi connectivity index (χ0n) is 11.8. The average molecular weight is 298 g/mol. The van der Waals surface area contributed by atoms with Gasteiger partial charge in [-0.25, -0.2) is 13.2 Å². The van der Waals surface area contributed by atoms with Crippen molar-refractivity contribution < 1.29 is 18.0 Å². The Morgan fingerprint density at radius 1 is 1.43 bits per heavy atom.